The summed E-state index contributed by atoms with van der Waals surface area (Å²) in [5.74, 6) is 0. The van der Waals surface area contributed by atoms with Crippen LogP contribution in [0.25, 0.3) is 0 Å². The molecule has 0 aliphatic carbocycles. The Morgan fingerprint density at radius 2 is 1.89 bits per heavy atom. The fraction of sp³-hybridized carbons (Fsp3) is 0.727. The molecule has 0 aliphatic heterocycles. The maximum Gasteiger partial charge on any atom is 0.406 e. The van der Waals surface area contributed by atoms with Gasteiger partial charge in [-0.2, -0.15) is 13.2 Å². The molecule has 1 unspecified atom stereocenters. The van der Waals surface area contributed by atoms with Gasteiger partial charge < -0.3 is 10.6 Å². The van der Waals surface area contributed by atoms with E-state index in [2.05, 4.69) is 4.98 Å². The standard InChI is InChI=1S/C11H18F3N3S/c1-6(2)17(5-11(12,13)14)10-16-8(4)9(18-10)7(3)15/h6-7H,5,15H2,1-4H3. The van der Waals surface area contributed by atoms with Crippen molar-refractivity contribution in [2.75, 3.05) is 11.4 Å². The van der Waals surface area contributed by atoms with Crippen LogP contribution in [-0.2, 0) is 0 Å². The number of rotatable bonds is 4. The summed E-state index contributed by atoms with van der Waals surface area (Å²) in [5, 5.41) is 0.382. The summed E-state index contributed by atoms with van der Waals surface area (Å²) in [6.07, 6.45) is -4.24. The van der Waals surface area contributed by atoms with Crippen LogP contribution in [0.4, 0.5) is 18.3 Å². The van der Waals surface area contributed by atoms with Crippen LogP contribution in [0.3, 0.4) is 0 Å². The van der Waals surface area contributed by atoms with E-state index in [4.69, 9.17) is 5.73 Å². The molecule has 1 aromatic rings. The highest BCUT2D eigenvalue weighted by atomic mass is 32.1. The van der Waals surface area contributed by atoms with Crippen LogP contribution in [0.15, 0.2) is 0 Å². The predicted molar refractivity (Wildman–Crippen MR) is 68.0 cm³/mol. The quantitative estimate of drug-likeness (QED) is 0.921. The predicted octanol–water partition coefficient (Wildman–Crippen LogP) is 3.25. The van der Waals surface area contributed by atoms with Crippen molar-refractivity contribution in [3.63, 3.8) is 0 Å². The highest BCUT2D eigenvalue weighted by Crippen LogP contribution is 2.32. The van der Waals surface area contributed by atoms with Crippen LogP contribution >= 0.6 is 11.3 Å². The first-order valence-electron chi connectivity index (χ1n) is 5.68. The van der Waals surface area contributed by atoms with Crippen molar-refractivity contribution in [1.29, 1.82) is 0 Å². The molecular weight excluding hydrogens is 263 g/mol. The Bertz CT molecular complexity index is 399. The molecule has 104 valence electrons. The van der Waals surface area contributed by atoms with Crippen LogP contribution in [0.2, 0.25) is 0 Å². The lowest BCUT2D eigenvalue weighted by Gasteiger charge is -2.27. The minimum absolute atomic E-state index is 0.212. The van der Waals surface area contributed by atoms with Gasteiger partial charge in [-0.15, -0.1) is 11.3 Å². The molecule has 1 atom stereocenters. The lowest BCUT2D eigenvalue weighted by molar-refractivity contribution is -0.120. The van der Waals surface area contributed by atoms with Gasteiger partial charge in [-0.3, -0.25) is 0 Å². The van der Waals surface area contributed by atoms with Gasteiger partial charge in [0.05, 0.1) is 5.69 Å². The Kier molecular flexibility index (Phi) is 4.61. The van der Waals surface area contributed by atoms with Gasteiger partial charge >= 0.3 is 6.18 Å². The Morgan fingerprint density at radius 1 is 1.33 bits per heavy atom. The number of hydrogen-bond donors (Lipinski definition) is 1. The molecule has 0 fully saturated rings. The summed E-state index contributed by atoms with van der Waals surface area (Å²) in [7, 11) is 0. The molecule has 0 spiro atoms. The van der Waals surface area contributed by atoms with Gasteiger partial charge in [0, 0.05) is 17.0 Å². The van der Waals surface area contributed by atoms with Gasteiger partial charge in [-0.25, -0.2) is 4.98 Å². The molecule has 2 N–H and O–H groups in total. The first kappa shape index (κ1) is 15.2. The number of anilines is 1. The Labute approximate surface area is 109 Å². The minimum Gasteiger partial charge on any atom is -0.337 e. The molecule has 0 saturated heterocycles. The fourth-order valence-electron chi connectivity index (χ4n) is 1.60. The van der Waals surface area contributed by atoms with Crippen molar-refractivity contribution < 1.29 is 13.2 Å². The molecule has 1 rings (SSSR count). The van der Waals surface area contributed by atoms with Gasteiger partial charge in [0.15, 0.2) is 5.13 Å². The number of thiazole rings is 1. The van der Waals surface area contributed by atoms with Crippen molar-refractivity contribution >= 4 is 16.5 Å². The minimum atomic E-state index is -4.24. The summed E-state index contributed by atoms with van der Waals surface area (Å²) in [5.41, 5.74) is 6.47. The van der Waals surface area contributed by atoms with Crippen LogP contribution in [0.1, 0.15) is 37.4 Å². The number of aryl methyl sites for hydroxylation is 1. The van der Waals surface area contributed by atoms with E-state index < -0.39 is 12.7 Å². The lowest BCUT2D eigenvalue weighted by atomic mass is 10.2. The average Bonchev–Trinajstić information content (AvgIpc) is 2.54. The Balaban J connectivity index is 3.03. The van der Waals surface area contributed by atoms with Crippen molar-refractivity contribution in [2.45, 2.75) is 46.0 Å². The van der Waals surface area contributed by atoms with Crippen LogP contribution in [0, 0.1) is 6.92 Å². The highest BCUT2D eigenvalue weighted by Gasteiger charge is 2.33. The normalized spacial score (nSPS) is 14.1. The Hall–Kier alpha value is -0.820. The molecule has 3 nitrogen and oxygen atoms in total. The second kappa shape index (κ2) is 5.44. The van der Waals surface area contributed by atoms with Gasteiger partial charge in [-0.1, -0.05) is 0 Å². The van der Waals surface area contributed by atoms with E-state index >= 15 is 0 Å². The first-order chi connectivity index (χ1) is 8.11. The number of halogens is 3. The molecule has 7 heteroatoms. The Morgan fingerprint density at radius 3 is 2.22 bits per heavy atom. The third-order valence-corrected chi connectivity index (χ3v) is 3.85. The zero-order chi connectivity index (χ0) is 14.1. The van der Waals surface area contributed by atoms with Crippen LogP contribution < -0.4 is 10.6 Å². The molecule has 18 heavy (non-hydrogen) atoms. The molecule has 0 amide bonds. The largest absolute Gasteiger partial charge is 0.406 e. The number of aromatic nitrogens is 1. The number of hydrogen-bond acceptors (Lipinski definition) is 4. The van der Waals surface area contributed by atoms with Gasteiger partial charge in [0.1, 0.15) is 6.54 Å². The summed E-state index contributed by atoms with van der Waals surface area (Å²) in [6, 6.07) is -0.478. The van der Waals surface area contributed by atoms with E-state index in [1.165, 1.54) is 16.2 Å². The second-order valence-corrected chi connectivity index (χ2v) is 5.58. The van der Waals surface area contributed by atoms with Crippen molar-refractivity contribution in [1.82, 2.24) is 4.98 Å². The molecular formula is C11H18F3N3S. The van der Waals surface area contributed by atoms with Crippen molar-refractivity contribution in [3.8, 4) is 0 Å². The van der Waals surface area contributed by atoms with E-state index in [0.717, 1.165) is 4.88 Å². The number of nitrogens with zero attached hydrogens (tertiary/aromatic N) is 2. The molecule has 0 bridgehead atoms. The topological polar surface area (TPSA) is 42.2 Å². The van der Waals surface area contributed by atoms with E-state index in [1.54, 1.807) is 27.7 Å². The smallest absolute Gasteiger partial charge is 0.337 e. The summed E-state index contributed by atoms with van der Waals surface area (Å²) in [6.45, 7) is 6.01. The molecule has 0 saturated carbocycles. The van der Waals surface area contributed by atoms with Gasteiger partial charge in [0.2, 0.25) is 0 Å². The molecule has 0 radical (unpaired) electrons. The zero-order valence-corrected chi connectivity index (χ0v) is 11.7. The summed E-state index contributed by atoms with van der Waals surface area (Å²) >= 11 is 1.23. The second-order valence-electron chi connectivity index (χ2n) is 4.57. The molecule has 1 heterocycles. The van der Waals surface area contributed by atoms with Gasteiger partial charge in [0.25, 0.3) is 0 Å². The first-order valence-corrected chi connectivity index (χ1v) is 6.49. The average molecular weight is 281 g/mol. The SMILES string of the molecule is Cc1nc(N(CC(F)(F)F)C(C)C)sc1C(C)N. The van der Waals surface area contributed by atoms with E-state index in [1.807, 2.05) is 0 Å². The third-order valence-electron chi connectivity index (χ3n) is 2.45. The maximum absolute atomic E-state index is 12.5. The van der Waals surface area contributed by atoms with Crippen molar-refractivity contribution in [2.24, 2.45) is 5.73 Å². The maximum atomic E-state index is 12.5. The zero-order valence-electron chi connectivity index (χ0n) is 10.9. The van der Waals surface area contributed by atoms with Crippen LogP contribution in [-0.4, -0.2) is 23.7 Å². The highest BCUT2D eigenvalue weighted by molar-refractivity contribution is 7.15. The number of nitrogens with two attached hydrogens (primary N) is 1. The lowest BCUT2D eigenvalue weighted by Crippen LogP contribution is -2.39. The summed E-state index contributed by atoms with van der Waals surface area (Å²) < 4.78 is 37.6. The monoisotopic (exact) mass is 281 g/mol. The van der Waals surface area contributed by atoms with Crippen molar-refractivity contribution in [3.05, 3.63) is 10.6 Å². The molecule has 1 aromatic heterocycles. The fourth-order valence-corrected chi connectivity index (χ4v) is 2.75. The molecule has 0 aliphatic rings. The summed E-state index contributed by atoms with van der Waals surface area (Å²) in [4.78, 5) is 6.29. The van der Waals surface area contributed by atoms with E-state index in [0.29, 0.717) is 10.8 Å². The van der Waals surface area contributed by atoms with Gasteiger partial charge in [-0.05, 0) is 27.7 Å². The van der Waals surface area contributed by atoms with E-state index in [9.17, 15) is 13.2 Å². The molecule has 0 aromatic carbocycles. The van der Waals surface area contributed by atoms with Crippen LogP contribution in [0.5, 0.6) is 0 Å². The third kappa shape index (κ3) is 3.84. The van der Waals surface area contributed by atoms with E-state index in [-0.39, 0.29) is 12.1 Å². The number of alkyl halides is 3.